The maximum Gasteiger partial charge on any atom is 0.150 e. The van der Waals surface area contributed by atoms with Crippen LogP contribution in [0.2, 0.25) is 0 Å². The summed E-state index contributed by atoms with van der Waals surface area (Å²) in [5.41, 5.74) is 5.79. The van der Waals surface area contributed by atoms with Crippen LogP contribution in [0.3, 0.4) is 0 Å². The highest BCUT2D eigenvalue weighted by atomic mass is 15.3. The van der Waals surface area contributed by atoms with Crippen LogP contribution in [-0.2, 0) is 13.5 Å². The molecule has 1 aromatic heterocycles. The molecular formula is C11H20N4. The molecule has 0 aliphatic heterocycles. The summed E-state index contributed by atoms with van der Waals surface area (Å²) in [6, 6.07) is 0. The number of aromatic nitrogens is 3. The van der Waals surface area contributed by atoms with Gasteiger partial charge in [-0.3, -0.25) is 4.68 Å². The fourth-order valence-electron chi connectivity index (χ4n) is 2.58. The predicted molar refractivity (Wildman–Crippen MR) is 59.5 cm³/mol. The molecule has 1 aromatic rings. The number of hydrogen-bond acceptors (Lipinski definition) is 3. The first-order valence-electron chi connectivity index (χ1n) is 5.86. The number of aryl methyl sites for hydroxylation is 2. The van der Waals surface area contributed by atoms with E-state index in [1.807, 2.05) is 11.7 Å². The van der Waals surface area contributed by atoms with Gasteiger partial charge < -0.3 is 5.73 Å². The molecule has 1 aliphatic carbocycles. The van der Waals surface area contributed by atoms with Crippen molar-refractivity contribution < 1.29 is 0 Å². The van der Waals surface area contributed by atoms with E-state index >= 15 is 0 Å². The van der Waals surface area contributed by atoms with Crippen LogP contribution in [0.25, 0.3) is 0 Å². The topological polar surface area (TPSA) is 56.7 Å². The predicted octanol–water partition coefficient (Wildman–Crippen LogP) is 1.22. The second-order valence-electron chi connectivity index (χ2n) is 4.40. The molecule has 0 bridgehead atoms. The molecule has 2 rings (SSSR count). The van der Waals surface area contributed by atoms with Crippen LogP contribution in [0, 0.1) is 5.92 Å². The van der Waals surface area contributed by atoms with Crippen LogP contribution in [0.15, 0.2) is 0 Å². The lowest BCUT2D eigenvalue weighted by Crippen LogP contribution is -2.19. The van der Waals surface area contributed by atoms with Crippen molar-refractivity contribution in [2.45, 2.75) is 38.5 Å². The first kappa shape index (κ1) is 10.6. The summed E-state index contributed by atoms with van der Waals surface area (Å²) in [4.78, 5) is 4.60. The molecule has 15 heavy (non-hydrogen) atoms. The van der Waals surface area contributed by atoms with Gasteiger partial charge in [-0.05, 0) is 25.3 Å². The Balaban J connectivity index is 2.24. The van der Waals surface area contributed by atoms with Gasteiger partial charge in [0.15, 0.2) is 5.82 Å². The van der Waals surface area contributed by atoms with Crippen molar-refractivity contribution in [2.24, 2.45) is 18.7 Å². The number of nitrogens with two attached hydrogens (primary N) is 1. The lowest BCUT2D eigenvalue weighted by molar-refractivity contribution is 0.460. The highest BCUT2D eigenvalue weighted by Crippen LogP contribution is 2.37. The molecule has 4 nitrogen and oxygen atoms in total. The second-order valence-corrected chi connectivity index (χ2v) is 4.40. The first-order chi connectivity index (χ1) is 7.26. The van der Waals surface area contributed by atoms with E-state index in [0.29, 0.717) is 11.8 Å². The Hall–Kier alpha value is -0.900. The largest absolute Gasteiger partial charge is 0.330 e. The van der Waals surface area contributed by atoms with Crippen molar-refractivity contribution in [3.63, 3.8) is 0 Å². The molecule has 1 heterocycles. The van der Waals surface area contributed by atoms with Gasteiger partial charge in [-0.15, -0.1) is 0 Å². The molecule has 2 atom stereocenters. The Morgan fingerprint density at radius 2 is 2.27 bits per heavy atom. The molecule has 2 unspecified atom stereocenters. The molecule has 0 saturated heterocycles. The third-order valence-corrected chi connectivity index (χ3v) is 3.45. The van der Waals surface area contributed by atoms with Crippen LogP contribution in [0.5, 0.6) is 0 Å². The summed E-state index contributed by atoms with van der Waals surface area (Å²) in [6.07, 6.45) is 4.65. The van der Waals surface area contributed by atoms with Crippen LogP contribution in [0.1, 0.15) is 43.8 Å². The summed E-state index contributed by atoms with van der Waals surface area (Å²) < 4.78 is 1.94. The Bertz CT molecular complexity index is 331. The lowest BCUT2D eigenvalue weighted by Gasteiger charge is -2.16. The lowest BCUT2D eigenvalue weighted by atomic mass is 9.95. The molecule has 0 radical (unpaired) electrons. The third kappa shape index (κ3) is 1.91. The fourth-order valence-corrected chi connectivity index (χ4v) is 2.58. The summed E-state index contributed by atoms with van der Waals surface area (Å²) >= 11 is 0. The minimum atomic E-state index is 0.535. The van der Waals surface area contributed by atoms with Crippen molar-refractivity contribution in [3.05, 3.63) is 11.6 Å². The molecule has 4 heteroatoms. The summed E-state index contributed by atoms with van der Waals surface area (Å²) in [6.45, 7) is 2.87. The first-order valence-corrected chi connectivity index (χ1v) is 5.86. The van der Waals surface area contributed by atoms with Gasteiger partial charge in [0.1, 0.15) is 5.82 Å². The van der Waals surface area contributed by atoms with Gasteiger partial charge >= 0.3 is 0 Å². The maximum atomic E-state index is 5.79. The fraction of sp³-hybridized carbons (Fsp3) is 0.818. The van der Waals surface area contributed by atoms with Gasteiger partial charge in [0.25, 0.3) is 0 Å². The van der Waals surface area contributed by atoms with Crippen LogP contribution in [0.4, 0.5) is 0 Å². The second kappa shape index (κ2) is 4.31. The van der Waals surface area contributed by atoms with Crippen LogP contribution in [-0.4, -0.2) is 21.3 Å². The maximum absolute atomic E-state index is 5.79. The van der Waals surface area contributed by atoms with Gasteiger partial charge in [-0.1, -0.05) is 13.3 Å². The SMILES string of the molecule is CCc1nc(C2CCCC2CN)n(C)n1. The smallest absolute Gasteiger partial charge is 0.150 e. The minimum Gasteiger partial charge on any atom is -0.330 e. The molecule has 0 aromatic carbocycles. The average Bonchev–Trinajstić information content (AvgIpc) is 2.82. The van der Waals surface area contributed by atoms with Gasteiger partial charge in [-0.2, -0.15) is 5.10 Å². The molecule has 0 amide bonds. The quantitative estimate of drug-likeness (QED) is 0.812. The zero-order valence-corrected chi connectivity index (χ0v) is 9.61. The Morgan fingerprint density at radius 1 is 1.47 bits per heavy atom. The summed E-state index contributed by atoms with van der Waals surface area (Å²) in [5.74, 6) is 3.24. The van der Waals surface area contributed by atoms with Crippen molar-refractivity contribution in [3.8, 4) is 0 Å². The molecule has 1 saturated carbocycles. The van der Waals surface area contributed by atoms with Crippen molar-refractivity contribution in [1.82, 2.24) is 14.8 Å². The van der Waals surface area contributed by atoms with E-state index in [2.05, 4.69) is 17.0 Å². The van der Waals surface area contributed by atoms with Gasteiger partial charge in [0.05, 0.1) is 0 Å². The molecule has 84 valence electrons. The van der Waals surface area contributed by atoms with Crippen molar-refractivity contribution >= 4 is 0 Å². The Labute approximate surface area is 90.9 Å². The van der Waals surface area contributed by atoms with E-state index < -0.39 is 0 Å². The van der Waals surface area contributed by atoms with Crippen molar-refractivity contribution in [1.29, 1.82) is 0 Å². The molecule has 2 N–H and O–H groups in total. The van der Waals surface area contributed by atoms with E-state index in [1.165, 1.54) is 19.3 Å². The van der Waals surface area contributed by atoms with Crippen molar-refractivity contribution in [2.75, 3.05) is 6.54 Å². The van der Waals surface area contributed by atoms with E-state index in [0.717, 1.165) is 24.6 Å². The molecule has 1 fully saturated rings. The van der Waals surface area contributed by atoms with Gasteiger partial charge in [-0.25, -0.2) is 4.98 Å². The number of hydrogen-bond donors (Lipinski definition) is 1. The standard InChI is InChI=1S/C11H20N4/c1-3-10-13-11(15(2)14-10)9-6-4-5-8(9)7-12/h8-9H,3-7,12H2,1-2H3. The minimum absolute atomic E-state index is 0.535. The summed E-state index contributed by atoms with van der Waals surface area (Å²) in [7, 11) is 1.99. The normalized spacial score (nSPS) is 26.1. The van der Waals surface area contributed by atoms with E-state index in [-0.39, 0.29) is 0 Å². The zero-order chi connectivity index (χ0) is 10.8. The monoisotopic (exact) mass is 208 g/mol. The zero-order valence-electron chi connectivity index (χ0n) is 9.61. The third-order valence-electron chi connectivity index (χ3n) is 3.45. The Morgan fingerprint density at radius 3 is 2.87 bits per heavy atom. The van der Waals surface area contributed by atoms with Crippen LogP contribution >= 0.6 is 0 Å². The molecule has 1 aliphatic rings. The Kier molecular flexibility index (Phi) is 3.05. The average molecular weight is 208 g/mol. The van der Waals surface area contributed by atoms with E-state index in [1.54, 1.807) is 0 Å². The van der Waals surface area contributed by atoms with Crippen LogP contribution < -0.4 is 5.73 Å². The van der Waals surface area contributed by atoms with E-state index in [4.69, 9.17) is 5.73 Å². The van der Waals surface area contributed by atoms with Gasteiger partial charge in [0, 0.05) is 19.4 Å². The van der Waals surface area contributed by atoms with Gasteiger partial charge in [0.2, 0.25) is 0 Å². The van der Waals surface area contributed by atoms with E-state index in [9.17, 15) is 0 Å². The highest BCUT2D eigenvalue weighted by Gasteiger charge is 2.30. The molecular weight excluding hydrogens is 188 g/mol. The highest BCUT2D eigenvalue weighted by molar-refractivity contribution is 5.05. The number of rotatable bonds is 3. The summed E-state index contributed by atoms with van der Waals surface area (Å²) in [5, 5.41) is 4.41. The molecule has 0 spiro atoms. The number of nitrogens with zero attached hydrogens (tertiary/aromatic N) is 3.